The van der Waals surface area contributed by atoms with Crippen LogP contribution in [0.4, 0.5) is 0 Å². The fraction of sp³-hybridized carbons (Fsp3) is 0.714. The van der Waals surface area contributed by atoms with E-state index in [4.69, 9.17) is 0 Å². The van der Waals surface area contributed by atoms with E-state index in [1.165, 1.54) is 9.35 Å². The molecule has 1 atom stereocenters. The molecule has 0 radical (unpaired) electrons. The van der Waals surface area contributed by atoms with Crippen molar-refractivity contribution >= 4 is 27.3 Å². The second-order valence-electron chi connectivity index (χ2n) is 6.16. The van der Waals surface area contributed by atoms with Crippen LogP contribution in [0.1, 0.15) is 32.6 Å². The molecule has 0 saturated carbocycles. The van der Waals surface area contributed by atoms with Crippen molar-refractivity contribution in [2.45, 2.75) is 39.8 Å². The fourth-order valence-electron chi connectivity index (χ4n) is 1.84. The fourth-order valence-corrected chi connectivity index (χ4v) is 3.37. The van der Waals surface area contributed by atoms with Crippen LogP contribution in [0.3, 0.4) is 0 Å². The maximum Gasteiger partial charge on any atom is 0.0325 e. The third-order valence-electron chi connectivity index (χ3n) is 2.65. The Bertz CT molecular complexity index is 357. The Kier molecular flexibility index (Phi) is 6.31. The standard InChI is InChI=1S/C14H25BrN2S/c1-11(7-16-14(2,3)4)8-17(5)9-13-6-12(15)10-18-13/h6,10-11,16H,7-9H2,1-5H3. The second kappa shape index (κ2) is 7.04. The van der Waals surface area contributed by atoms with Crippen LogP contribution in [-0.2, 0) is 6.54 Å². The molecule has 0 aliphatic rings. The summed E-state index contributed by atoms with van der Waals surface area (Å²) in [5.74, 6) is 0.664. The van der Waals surface area contributed by atoms with Crippen LogP contribution in [0.15, 0.2) is 15.9 Å². The number of thiophene rings is 1. The van der Waals surface area contributed by atoms with Crippen LogP contribution in [-0.4, -0.2) is 30.6 Å². The number of halogens is 1. The zero-order valence-corrected chi connectivity index (χ0v) is 14.5. The largest absolute Gasteiger partial charge is 0.312 e. The van der Waals surface area contributed by atoms with E-state index < -0.39 is 0 Å². The third-order valence-corrected chi connectivity index (χ3v) is 4.33. The first kappa shape index (κ1) is 16.2. The highest BCUT2D eigenvalue weighted by atomic mass is 79.9. The van der Waals surface area contributed by atoms with Gasteiger partial charge in [0.15, 0.2) is 0 Å². The van der Waals surface area contributed by atoms with Gasteiger partial charge in [0.1, 0.15) is 0 Å². The van der Waals surface area contributed by atoms with Gasteiger partial charge in [-0.05, 0) is 62.3 Å². The normalized spacial score (nSPS) is 14.2. The van der Waals surface area contributed by atoms with Crippen LogP contribution in [0.2, 0.25) is 0 Å². The summed E-state index contributed by atoms with van der Waals surface area (Å²) in [5.41, 5.74) is 0.214. The van der Waals surface area contributed by atoms with E-state index in [1.54, 1.807) is 0 Å². The molecule has 0 spiro atoms. The average Bonchev–Trinajstić information content (AvgIpc) is 2.59. The van der Waals surface area contributed by atoms with E-state index in [0.717, 1.165) is 19.6 Å². The predicted molar refractivity (Wildman–Crippen MR) is 85.3 cm³/mol. The van der Waals surface area contributed by atoms with Crippen molar-refractivity contribution in [1.29, 1.82) is 0 Å². The summed E-state index contributed by atoms with van der Waals surface area (Å²) in [6, 6.07) is 2.21. The van der Waals surface area contributed by atoms with Crippen molar-refractivity contribution in [2.75, 3.05) is 20.1 Å². The number of nitrogens with zero attached hydrogens (tertiary/aromatic N) is 1. The van der Waals surface area contributed by atoms with Gasteiger partial charge in [0.05, 0.1) is 0 Å². The summed E-state index contributed by atoms with van der Waals surface area (Å²) >= 11 is 5.32. The van der Waals surface area contributed by atoms with Crippen molar-refractivity contribution in [3.63, 3.8) is 0 Å². The lowest BCUT2D eigenvalue weighted by Crippen LogP contribution is -2.40. The van der Waals surface area contributed by atoms with E-state index in [0.29, 0.717) is 5.92 Å². The Morgan fingerprint density at radius 1 is 1.44 bits per heavy atom. The van der Waals surface area contributed by atoms with Crippen LogP contribution >= 0.6 is 27.3 Å². The molecule has 1 heterocycles. The zero-order valence-electron chi connectivity index (χ0n) is 12.1. The van der Waals surface area contributed by atoms with E-state index in [-0.39, 0.29) is 5.54 Å². The summed E-state index contributed by atoms with van der Waals surface area (Å²) < 4.78 is 1.19. The molecular weight excluding hydrogens is 308 g/mol. The lowest BCUT2D eigenvalue weighted by molar-refractivity contribution is 0.263. The SMILES string of the molecule is CC(CNC(C)(C)C)CN(C)Cc1cc(Br)cs1. The molecule has 0 saturated heterocycles. The highest BCUT2D eigenvalue weighted by Gasteiger charge is 2.13. The van der Waals surface area contributed by atoms with Crippen molar-refractivity contribution in [3.05, 3.63) is 20.8 Å². The minimum Gasteiger partial charge on any atom is -0.312 e. The molecule has 0 bridgehead atoms. The average molecular weight is 333 g/mol. The first-order valence-corrected chi connectivity index (χ1v) is 8.10. The van der Waals surface area contributed by atoms with Crippen LogP contribution < -0.4 is 5.32 Å². The summed E-state index contributed by atoms with van der Waals surface area (Å²) in [7, 11) is 2.20. The molecule has 0 amide bonds. The Balaban J connectivity index is 2.29. The topological polar surface area (TPSA) is 15.3 Å². The van der Waals surface area contributed by atoms with E-state index >= 15 is 0 Å². The van der Waals surface area contributed by atoms with Gasteiger partial charge in [0.25, 0.3) is 0 Å². The van der Waals surface area contributed by atoms with Gasteiger partial charge < -0.3 is 10.2 Å². The summed E-state index contributed by atoms with van der Waals surface area (Å²) in [4.78, 5) is 3.81. The van der Waals surface area contributed by atoms with E-state index in [2.05, 4.69) is 72.3 Å². The second-order valence-corrected chi connectivity index (χ2v) is 8.08. The van der Waals surface area contributed by atoms with Crippen molar-refractivity contribution < 1.29 is 0 Å². The molecule has 1 N–H and O–H groups in total. The Labute approximate surface area is 124 Å². The highest BCUT2D eigenvalue weighted by molar-refractivity contribution is 9.10. The summed E-state index contributed by atoms with van der Waals surface area (Å²) in [5, 5.41) is 5.71. The molecule has 104 valence electrons. The van der Waals surface area contributed by atoms with Crippen molar-refractivity contribution in [2.24, 2.45) is 5.92 Å². The molecule has 0 aliphatic heterocycles. The van der Waals surface area contributed by atoms with Gasteiger partial charge in [-0.3, -0.25) is 0 Å². The lowest BCUT2D eigenvalue weighted by Gasteiger charge is -2.26. The monoisotopic (exact) mass is 332 g/mol. The van der Waals surface area contributed by atoms with Crippen LogP contribution in [0, 0.1) is 5.92 Å². The first-order valence-electron chi connectivity index (χ1n) is 6.43. The number of rotatable bonds is 6. The maximum atomic E-state index is 3.56. The van der Waals surface area contributed by atoms with Crippen molar-refractivity contribution in [3.8, 4) is 0 Å². The smallest absolute Gasteiger partial charge is 0.0325 e. The molecule has 2 nitrogen and oxygen atoms in total. The Morgan fingerprint density at radius 3 is 2.61 bits per heavy atom. The highest BCUT2D eigenvalue weighted by Crippen LogP contribution is 2.21. The van der Waals surface area contributed by atoms with Crippen LogP contribution in [0.5, 0.6) is 0 Å². The van der Waals surface area contributed by atoms with Gasteiger partial charge in [0, 0.05) is 33.4 Å². The van der Waals surface area contributed by atoms with E-state index in [9.17, 15) is 0 Å². The van der Waals surface area contributed by atoms with Crippen molar-refractivity contribution in [1.82, 2.24) is 10.2 Å². The molecule has 0 aromatic carbocycles. The van der Waals surface area contributed by atoms with Gasteiger partial charge in [-0.2, -0.15) is 0 Å². The van der Waals surface area contributed by atoms with E-state index in [1.807, 2.05) is 11.3 Å². The van der Waals surface area contributed by atoms with Gasteiger partial charge in [-0.15, -0.1) is 11.3 Å². The summed E-state index contributed by atoms with van der Waals surface area (Å²) in [6.07, 6.45) is 0. The number of hydrogen-bond donors (Lipinski definition) is 1. The minimum absolute atomic E-state index is 0.214. The van der Waals surface area contributed by atoms with Crippen LogP contribution in [0.25, 0.3) is 0 Å². The Morgan fingerprint density at radius 2 is 2.11 bits per heavy atom. The molecule has 4 heteroatoms. The maximum absolute atomic E-state index is 3.56. The molecule has 1 unspecified atom stereocenters. The quantitative estimate of drug-likeness (QED) is 0.847. The molecule has 1 aromatic rings. The minimum atomic E-state index is 0.214. The van der Waals surface area contributed by atoms with Gasteiger partial charge in [0.2, 0.25) is 0 Å². The molecule has 1 rings (SSSR count). The van der Waals surface area contributed by atoms with Gasteiger partial charge in [-0.1, -0.05) is 6.92 Å². The molecule has 18 heavy (non-hydrogen) atoms. The zero-order chi connectivity index (χ0) is 13.8. The van der Waals surface area contributed by atoms with Gasteiger partial charge in [-0.25, -0.2) is 0 Å². The molecular formula is C14H25BrN2S. The van der Waals surface area contributed by atoms with Gasteiger partial charge >= 0.3 is 0 Å². The third kappa shape index (κ3) is 6.88. The molecule has 0 aliphatic carbocycles. The molecule has 1 aromatic heterocycles. The summed E-state index contributed by atoms with van der Waals surface area (Å²) in [6.45, 7) is 12.2. The number of nitrogens with one attached hydrogen (secondary N) is 1. The molecule has 0 fully saturated rings. The lowest BCUT2D eigenvalue weighted by atomic mass is 10.1. The predicted octanol–water partition coefficient (Wildman–Crippen LogP) is 3.97. The first-order chi connectivity index (χ1) is 8.26. The number of hydrogen-bond acceptors (Lipinski definition) is 3. The Hall–Kier alpha value is 0.1000.